The predicted octanol–water partition coefficient (Wildman–Crippen LogP) is 2.98. The number of fused-ring (bicyclic) bond motifs is 1. The molecule has 0 bridgehead atoms. The van der Waals surface area contributed by atoms with Crippen molar-refractivity contribution in [2.24, 2.45) is 0 Å². The zero-order valence-electron chi connectivity index (χ0n) is 18.3. The van der Waals surface area contributed by atoms with Crippen LogP contribution in [0.15, 0.2) is 47.4 Å². The lowest BCUT2D eigenvalue weighted by atomic mass is 10.1. The highest BCUT2D eigenvalue weighted by Crippen LogP contribution is 2.17. The van der Waals surface area contributed by atoms with Gasteiger partial charge in [0.1, 0.15) is 23.5 Å². The summed E-state index contributed by atoms with van der Waals surface area (Å²) in [5.74, 6) is 0.138. The molecule has 1 saturated heterocycles. The number of anilines is 1. The van der Waals surface area contributed by atoms with Gasteiger partial charge in [-0.3, -0.25) is 14.4 Å². The molecule has 0 aliphatic carbocycles. The van der Waals surface area contributed by atoms with Gasteiger partial charge in [0.05, 0.1) is 12.0 Å². The molecule has 0 radical (unpaired) electrons. The summed E-state index contributed by atoms with van der Waals surface area (Å²) in [5.41, 5.74) is 1.44. The van der Waals surface area contributed by atoms with Gasteiger partial charge in [-0.1, -0.05) is 0 Å². The standard InChI is InChI=1S/C24H26N4O4/c1-3-32-18-9-7-17(8-10-18)26-21(29)15-28-14-20(24(31)27-12-4-5-13-27)22(30)19-11-6-16(2)25-23(19)28/h6-11,14H,3-5,12-13,15H2,1-2H3,(H,26,29). The van der Waals surface area contributed by atoms with E-state index >= 15 is 0 Å². The van der Waals surface area contributed by atoms with Crippen LogP contribution in [-0.2, 0) is 11.3 Å². The number of nitrogens with one attached hydrogen (secondary N) is 1. The first kappa shape index (κ1) is 21.5. The van der Waals surface area contributed by atoms with E-state index in [2.05, 4.69) is 10.3 Å². The number of carbonyl (C=O) groups is 2. The Hall–Kier alpha value is -3.68. The van der Waals surface area contributed by atoms with Crippen LogP contribution in [0.4, 0.5) is 5.69 Å². The van der Waals surface area contributed by atoms with Crippen molar-refractivity contribution in [2.75, 3.05) is 25.0 Å². The largest absolute Gasteiger partial charge is 0.494 e. The Morgan fingerprint density at radius 3 is 2.50 bits per heavy atom. The van der Waals surface area contributed by atoms with Gasteiger partial charge in [-0.2, -0.15) is 0 Å². The molecule has 32 heavy (non-hydrogen) atoms. The molecule has 4 rings (SSSR count). The number of amides is 2. The molecular formula is C24H26N4O4. The molecular weight excluding hydrogens is 408 g/mol. The molecule has 1 N–H and O–H groups in total. The lowest BCUT2D eigenvalue weighted by molar-refractivity contribution is -0.116. The fraction of sp³-hybridized carbons (Fsp3) is 0.333. The molecule has 166 valence electrons. The number of aromatic nitrogens is 2. The van der Waals surface area contributed by atoms with Crippen molar-refractivity contribution in [3.63, 3.8) is 0 Å². The van der Waals surface area contributed by atoms with Crippen molar-refractivity contribution < 1.29 is 14.3 Å². The van der Waals surface area contributed by atoms with Gasteiger partial charge in [0.15, 0.2) is 0 Å². The van der Waals surface area contributed by atoms with Crippen molar-refractivity contribution in [3.8, 4) is 5.75 Å². The van der Waals surface area contributed by atoms with Gasteiger partial charge in [0, 0.05) is 30.7 Å². The summed E-state index contributed by atoms with van der Waals surface area (Å²) in [4.78, 5) is 44.9. The average Bonchev–Trinajstić information content (AvgIpc) is 3.32. The third kappa shape index (κ3) is 4.49. The summed E-state index contributed by atoms with van der Waals surface area (Å²) in [6, 6.07) is 10.5. The molecule has 0 atom stereocenters. The van der Waals surface area contributed by atoms with Crippen molar-refractivity contribution in [3.05, 3.63) is 64.1 Å². The number of nitrogens with zero attached hydrogens (tertiary/aromatic N) is 3. The van der Waals surface area contributed by atoms with E-state index < -0.39 is 0 Å². The van der Waals surface area contributed by atoms with Crippen molar-refractivity contribution in [2.45, 2.75) is 33.2 Å². The van der Waals surface area contributed by atoms with Gasteiger partial charge < -0.3 is 19.5 Å². The first-order valence-electron chi connectivity index (χ1n) is 10.8. The molecule has 8 heteroatoms. The molecule has 0 spiro atoms. The fourth-order valence-electron chi connectivity index (χ4n) is 3.88. The Labute approximate surface area is 185 Å². The molecule has 1 fully saturated rings. The van der Waals surface area contributed by atoms with Crippen LogP contribution in [0.5, 0.6) is 5.75 Å². The molecule has 1 aromatic carbocycles. The summed E-state index contributed by atoms with van der Waals surface area (Å²) < 4.78 is 7.00. The van der Waals surface area contributed by atoms with Gasteiger partial charge >= 0.3 is 0 Å². The Bertz CT molecular complexity index is 1210. The minimum atomic E-state index is -0.354. The summed E-state index contributed by atoms with van der Waals surface area (Å²) in [5, 5.41) is 3.17. The summed E-state index contributed by atoms with van der Waals surface area (Å²) in [6.07, 6.45) is 3.33. The van der Waals surface area contributed by atoms with E-state index in [4.69, 9.17) is 4.74 Å². The Balaban J connectivity index is 1.65. The van der Waals surface area contributed by atoms with Crippen LogP contribution in [0.3, 0.4) is 0 Å². The van der Waals surface area contributed by atoms with Crippen molar-refractivity contribution in [1.29, 1.82) is 0 Å². The van der Waals surface area contributed by atoms with E-state index in [0.29, 0.717) is 36.4 Å². The number of rotatable bonds is 6. The molecule has 1 aliphatic rings. The summed E-state index contributed by atoms with van der Waals surface area (Å²) >= 11 is 0. The maximum absolute atomic E-state index is 13.0. The summed E-state index contributed by atoms with van der Waals surface area (Å²) in [6.45, 7) is 5.48. The van der Waals surface area contributed by atoms with Crippen LogP contribution >= 0.6 is 0 Å². The van der Waals surface area contributed by atoms with E-state index in [1.807, 2.05) is 13.8 Å². The van der Waals surface area contributed by atoms with E-state index in [9.17, 15) is 14.4 Å². The van der Waals surface area contributed by atoms with Crippen molar-refractivity contribution >= 4 is 28.5 Å². The van der Waals surface area contributed by atoms with Crippen LogP contribution in [0.25, 0.3) is 11.0 Å². The fourth-order valence-corrected chi connectivity index (χ4v) is 3.88. The Morgan fingerprint density at radius 1 is 1.09 bits per heavy atom. The van der Waals surface area contributed by atoms with Crippen LogP contribution in [0.2, 0.25) is 0 Å². The van der Waals surface area contributed by atoms with E-state index in [0.717, 1.165) is 24.3 Å². The zero-order chi connectivity index (χ0) is 22.7. The van der Waals surface area contributed by atoms with E-state index in [1.54, 1.807) is 45.9 Å². The minimum absolute atomic E-state index is 0.0684. The van der Waals surface area contributed by atoms with Gasteiger partial charge in [-0.25, -0.2) is 4.98 Å². The third-order valence-electron chi connectivity index (χ3n) is 5.45. The number of pyridine rings is 2. The third-order valence-corrected chi connectivity index (χ3v) is 5.45. The molecule has 0 unspecified atom stereocenters. The van der Waals surface area contributed by atoms with Gasteiger partial charge in [-0.05, 0) is 63.1 Å². The number of carbonyl (C=O) groups excluding carboxylic acids is 2. The maximum Gasteiger partial charge on any atom is 0.259 e. The second-order valence-electron chi connectivity index (χ2n) is 7.83. The quantitative estimate of drug-likeness (QED) is 0.644. The van der Waals surface area contributed by atoms with Gasteiger partial charge in [-0.15, -0.1) is 0 Å². The second-order valence-corrected chi connectivity index (χ2v) is 7.83. The number of hydrogen-bond donors (Lipinski definition) is 1. The summed E-state index contributed by atoms with van der Waals surface area (Å²) in [7, 11) is 0. The number of ether oxygens (including phenoxy) is 1. The van der Waals surface area contributed by atoms with Crippen molar-refractivity contribution in [1.82, 2.24) is 14.5 Å². The van der Waals surface area contributed by atoms with E-state index in [1.165, 1.54) is 6.20 Å². The highest BCUT2D eigenvalue weighted by Gasteiger charge is 2.24. The smallest absolute Gasteiger partial charge is 0.259 e. The van der Waals surface area contributed by atoms with Crippen LogP contribution in [0.1, 0.15) is 35.8 Å². The maximum atomic E-state index is 13.0. The molecule has 3 heterocycles. The lowest BCUT2D eigenvalue weighted by Gasteiger charge is -2.17. The highest BCUT2D eigenvalue weighted by atomic mass is 16.5. The SMILES string of the molecule is CCOc1ccc(NC(=O)Cn2cc(C(=O)N3CCCC3)c(=O)c3ccc(C)nc32)cc1. The molecule has 3 aromatic rings. The second kappa shape index (κ2) is 9.21. The number of hydrogen-bond acceptors (Lipinski definition) is 5. The topological polar surface area (TPSA) is 93.5 Å². The zero-order valence-corrected chi connectivity index (χ0v) is 18.3. The van der Waals surface area contributed by atoms with E-state index in [-0.39, 0.29) is 29.4 Å². The minimum Gasteiger partial charge on any atom is -0.494 e. The van der Waals surface area contributed by atoms with Crippen LogP contribution in [0, 0.1) is 6.92 Å². The molecule has 8 nitrogen and oxygen atoms in total. The van der Waals surface area contributed by atoms with Gasteiger partial charge in [0.2, 0.25) is 11.3 Å². The Morgan fingerprint density at radius 2 is 1.81 bits per heavy atom. The molecule has 2 aromatic heterocycles. The average molecular weight is 434 g/mol. The number of likely N-dealkylation sites (tertiary alicyclic amines) is 1. The van der Waals surface area contributed by atoms with Gasteiger partial charge in [0.25, 0.3) is 5.91 Å². The van der Waals surface area contributed by atoms with Crippen LogP contribution in [-0.4, -0.2) is 46.0 Å². The molecule has 0 saturated carbocycles. The highest BCUT2D eigenvalue weighted by molar-refractivity contribution is 5.97. The molecule has 1 aliphatic heterocycles. The number of aryl methyl sites for hydroxylation is 1. The van der Waals surface area contributed by atoms with Crippen LogP contribution < -0.4 is 15.5 Å². The molecule has 2 amide bonds. The normalized spacial score (nSPS) is 13.4. The number of benzene rings is 1. The monoisotopic (exact) mass is 434 g/mol. The lowest BCUT2D eigenvalue weighted by Crippen LogP contribution is -2.33. The first-order valence-corrected chi connectivity index (χ1v) is 10.8. The first-order chi connectivity index (χ1) is 15.5. The Kier molecular flexibility index (Phi) is 6.20. The predicted molar refractivity (Wildman–Crippen MR) is 122 cm³/mol.